The van der Waals surface area contributed by atoms with Gasteiger partial charge in [-0.15, -0.1) is 0 Å². The van der Waals surface area contributed by atoms with Gasteiger partial charge in [0.05, 0.1) is 7.11 Å². The number of carbonyl (C=O) groups excluding carboxylic acids is 1. The molecule has 120 valence electrons. The number of halogens is 1. The van der Waals surface area contributed by atoms with Crippen LogP contribution in [0.3, 0.4) is 0 Å². The summed E-state index contributed by atoms with van der Waals surface area (Å²) < 4.78 is 23.7. The molecule has 0 aliphatic rings. The lowest BCUT2D eigenvalue weighted by atomic mass is 10.0. The Morgan fingerprint density at radius 2 is 1.12 bits per heavy atom. The number of rotatable bonds is 5. The van der Waals surface area contributed by atoms with E-state index in [2.05, 4.69) is 0 Å². The predicted molar refractivity (Wildman–Crippen MR) is 89.3 cm³/mol. The predicted octanol–water partition coefficient (Wildman–Crippen LogP) is 4.86. The first kappa shape index (κ1) is 15.7. The van der Waals surface area contributed by atoms with Crippen LogP contribution in [0.5, 0.6) is 17.2 Å². The minimum atomic E-state index is -0.366. The molecule has 0 aliphatic heterocycles. The van der Waals surface area contributed by atoms with Crippen LogP contribution in [0.2, 0.25) is 0 Å². The molecule has 0 saturated heterocycles. The zero-order valence-corrected chi connectivity index (χ0v) is 13.0. The summed E-state index contributed by atoms with van der Waals surface area (Å²) in [6, 6.07) is 19.5. The lowest BCUT2D eigenvalue weighted by molar-refractivity contribution is 0.103. The van der Waals surface area contributed by atoms with Gasteiger partial charge >= 0.3 is 0 Å². The van der Waals surface area contributed by atoms with Crippen molar-refractivity contribution >= 4 is 5.78 Å². The zero-order valence-electron chi connectivity index (χ0n) is 13.0. The molecule has 0 N–H and O–H groups in total. The van der Waals surface area contributed by atoms with Gasteiger partial charge < -0.3 is 9.47 Å². The first-order valence-corrected chi connectivity index (χ1v) is 7.38. The first-order chi connectivity index (χ1) is 11.7. The van der Waals surface area contributed by atoms with Crippen LogP contribution in [0.25, 0.3) is 0 Å². The van der Waals surface area contributed by atoms with E-state index in [9.17, 15) is 9.18 Å². The van der Waals surface area contributed by atoms with Crippen LogP contribution in [0, 0.1) is 5.82 Å². The average Bonchev–Trinajstić information content (AvgIpc) is 2.63. The molecule has 0 bridgehead atoms. The fraction of sp³-hybridized carbons (Fsp3) is 0.0500. The van der Waals surface area contributed by atoms with Crippen molar-refractivity contribution in [2.45, 2.75) is 0 Å². The highest BCUT2D eigenvalue weighted by Gasteiger charge is 2.09. The maximum atomic E-state index is 12.9. The molecule has 3 aromatic rings. The molecule has 3 aromatic carbocycles. The number of methoxy groups -OCH3 is 1. The molecule has 0 atom stereocenters. The molecular formula is C20H15FO3. The first-order valence-electron chi connectivity index (χ1n) is 7.38. The molecule has 0 unspecified atom stereocenters. The Labute approximate surface area is 139 Å². The van der Waals surface area contributed by atoms with Gasteiger partial charge in [-0.1, -0.05) is 0 Å². The third-order valence-corrected chi connectivity index (χ3v) is 3.52. The van der Waals surface area contributed by atoms with Gasteiger partial charge in [0.2, 0.25) is 0 Å². The van der Waals surface area contributed by atoms with E-state index in [-0.39, 0.29) is 11.6 Å². The van der Waals surface area contributed by atoms with Crippen molar-refractivity contribution in [1.82, 2.24) is 0 Å². The van der Waals surface area contributed by atoms with E-state index in [1.54, 1.807) is 43.5 Å². The quantitative estimate of drug-likeness (QED) is 0.629. The van der Waals surface area contributed by atoms with Gasteiger partial charge in [0.25, 0.3) is 0 Å². The normalized spacial score (nSPS) is 10.2. The Hall–Kier alpha value is -3.14. The summed E-state index contributed by atoms with van der Waals surface area (Å²) in [5, 5.41) is 0. The SMILES string of the molecule is COc1ccc(Oc2ccc(C(=O)c3ccc(F)cc3)cc2)cc1. The molecule has 0 fully saturated rings. The fourth-order valence-corrected chi connectivity index (χ4v) is 2.22. The molecule has 0 heterocycles. The summed E-state index contributed by atoms with van der Waals surface area (Å²) in [5.41, 5.74) is 0.962. The topological polar surface area (TPSA) is 35.5 Å². The Bertz CT molecular complexity index is 822. The Morgan fingerprint density at radius 1 is 0.708 bits per heavy atom. The lowest BCUT2D eigenvalue weighted by Crippen LogP contribution is -2.01. The molecule has 0 aliphatic carbocycles. The second-order valence-corrected chi connectivity index (χ2v) is 5.14. The third kappa shape index (κ3) is 3.60. The third-order valence-electron chi connectivity index (χ3n) is 3.52. The van der Waals surface area contributed by atoms with Crippen LogP contribution in [-0.2, 0) is 0 Å². The van der Waals surface area contributed by atoms with E-state index in [1.165, 1.54) is 24.3 Å². The number of benzene rings is 3. The van der Waals surface area contributed by atoms with E-state index in [1.807, 2.05) is 12.1 Å². The van der Waals surface area contributed by atoms with Crippen LogP contribution in [0.1, 0.15) is 15.9 Å². The standard InChI is InChI=1S/C20H15FO3/c1-23-17-10-12-19(13-11-17)24-18-8-4-15(5-9-18)20(22)14-2-6-16(21)7-3-14/h2-13H,1H3. The van der Waals surface area contributed by atoms with Gasteiger partial charge in [0.15, 0.2) is 5.78 Å². The molecule has 0 saturated carbocycles. The van der Waals surface area contributed by atoms with Crippen molar-refractivity contribution in [1.29, 1.82) is 0 Å². The molecule has 3 rings (SSSR count). The Balaban J connectivity index is 1.72. The number of ketones is 1. The van der Waals surface area contributed by atoms with Crippen molar-refractivity contribution in [3.63, 3.8) is 0 Å². The highest BCUT2D eigenvalue weighted by molar-refractivity contribution is 6.08. The van der Waals surface area contributed by atoms with Crippen molar-refractivity contribution in [2.24, 2.45) is 0 Å². The van der Waals surface area contributed by atoms with Crippen LogP contribution in [0.15, 0.2) is 72.8 Å². The molecule has 0 aromatic heterocycles. The smallest absolute Gasteiger partial charge is 0.193 e. The molecule has 0 radical (unpaired) electrons. The maximum absolute atomic E-state index is 12.9. The van der Waals surface area contributed by atoms with E-state index in [0.717, 1.165) is 5.75 Å². The zero-order chi connectivity index (χ0) is 16.9. The van der Waals surface area contributed by atoms with E-state index in [4.69, 9.17) is 9.47 Å². The lowest BCUT2D eigenvalue weighted by Gasteiger charge is -2.07. The van der Waals surface area contributed by atoms with Gasteiger partial charge in [-0.2, -0.15) is 0 Å². The monoisotopic (exact) mass is 322 g/mol. The summed E-state index contributed by atoms with van der Waals surface area (Å²) in [6.45, 7) is 0. The number of hydrogen-bond donors (Lipinski definition) is 0. The summed E-state index contributed by atoms with van der Waals surface area (Å²) in [7, 11) is 1.60. The molecular weight excluding hydrogens is 307 g/mol. The molecule has 3 nitrogen and oxygen atoms in total. The fourth-order valence-electron chi connectivity index (χ4n) is 2.22. The summed E-state index contributed by atoms with van der Waals surface area (Å²) in [4.78, 5) is 12.3. The Morgan fingerprint density at radius 3 is 1.62 bits per heavy atom. The minimum Gasteiger partial charge on any atom is -0.497 e. The largest absolute Gasteiger partial charge is 0.497 e. The van der Waals surface area contributed by atoms with Gasteiger partial charge in [0.1, 0.15) is 23.1 Å². The molecule has 0 amide bonds. The summed E-state index contributed by atoms with van der Waals surface area (Å²) in [6.07, 6.45) is 0. The number of hydrogen-bond acceptors (Lipinski definition) is 3. The number of carbonyl (C=O) groups is 1. The van der Waals surface area contributed by atoms with Gasteiger partial charge in [-0.25, -0.2) is 4.39 Å². The van der Waals surface area contributed by atoms with E-state index >= 15 is 0 Å². The van der Waals surface area contributed by atoms with Crippen molar-refractivity contribution in [2.75, 3.05) is 7.11 Å². The van der Waals surface area contributed by atoms with E-state index in [0.29, 0.717) is 22.6 Å². The maximum Gasteiger partial charge on any atom is 0.193 e. The van der Waals surface area contributed by atoms with Crippen molar-refractivity contribution < 1.29 is 18.7 Å². The second-order valence-electron chi connectivity index (χ2n) is 5.14. The summed E-state index contributed by atoms with van der Waals surface area (Å²) >= 11 is 0. The van der Waals surface area contributed by atoms with Crippen molar-refractivity contribution in [3.05, 3.63) is 89.7 Å². The van der Waals surface area contributed by atoms with Crippen LogP contribution in [-0.4, -0.2) is 12.9 Å². The van der Waals surface area contributed by atoms with Crippen LogP contribution >= 0.6 is 0 Å². The van der Waals surface area contributed by atoms with Crippen molar-refractivity contribution in [3.8, 4) is 17.2 Å². The summed E-state index contributed by atoms with van der Waals surface area (Å²) in [5.74, 6) is 1.52. The van der Waals surface area contributed by atoms with Crippen LogP contribution < -0.4 is 9.47 Å². The molecule has 0 spiro atoms. The molecule has 4 heteroatoms. The highest BCUT2D eigenvalue weighted by Crippen LogP contribution is 2.24. The van der Waals surface area contributed by atoms with Crippen LogP contribution in [0.4, 0.5) is 4.39 Å². The second kappa shape index (κ2) is 6.96. The minimum absolute atomic E-state index is 0.161. The van der Waals surface area contributed by atoms with Gasteiger partial charge in [0, 0.05) is 11.1 Å². The number of ether oxygens (including phenoxy) is 2. The average molecular weight is 322 g/mol. The Kier molecular flexibility index (Phi) is 4.57. The van der Waals surface area contributed by atoms with Gasteiger partial charge in [-0.05, 0) is 72.8 Å². The molecule has 24 heavy (non-hydrogen) atoms. The highest BCUT2D eigenvalue weighted by atomic mass is 19.1. The van der Waals surface area contributed by atoms with E-state index < -0.39 is 0 Å². The van der Waals surface area contributed by atoms with Gasteiger partial charge in [-0.3, -0.25) is 4.79 Å².